The molecule has 3 N–H and O–H groups in total. The summed E-state index contributed by atoms with van der Waals surface area (Å²) in [5.41, 5.74) is 4.91. The van der Waals surface area contributed by atoms with E-state index in [0.29, 0.717) is 12.8 Å². The van der Waals surface area contributed by atoms with Gasteiger partial charge >= 0.3 is 5.97 Å². The van der Waals surface area contributed by atoms with Crippen molar-refractivity contribution in [2.24, 2.45) is 10.7 Å². The van der Waals surface area contributed by atoms with Crippen molar-refractivity contribution >= 4 is 12.3 Å². The van der Waals surface area contributed by atoms with E-state index in [9.17, 15) is 9.18 Å². The smallest absolute Gasteiger partial charge is 0.303 e. The summed E-state index contributed by atoms with van der Waals surface area (Å²) < 4.78 is 12.7. The molecule has 13 heavy (non-hydrogen) atoms. The average Bonchev–Trinajstić information content (AvgIpc) is 2.08. The van der Waals surface area contributed by atoms with Crippen LogP contribution in [0.1, 0.15) is 19.3 Å². The van der Waals surface area contributed by atoms with E-state index in [4.69, 9.17) is 10.8 Å². The Hall–Kier alpha value is -1.39. The highest BCUT2D eigenvalue weighted by Gasteiger charge is 1.95. The molecule has 0 unspecified atom stereocenters. The minimum atomic E-state index is -0.867. The first-order valence-electron chi connectivity index (χ1n) is 3.93. The highest BCUT2D eigenvalue weighted by Crippen LogP contribution is 2.03. The number of allylic oxidation sites excluding steroid dienone is 1. The number of nitrogens with two attached hydrogens (primary N) is 1. The van der Waals surface area contributed by atoms with Crippen LogP contribution in [0.4, 0.5) is 4.39 Å². The number of halogens is 1. The molecule has 74 valence electrons. The summed E-state index contributed by atoms with van der Waals surface area (Å²) in [7, 11) is 0. The molecule has 0 radical (unpaired) electrons. The molecule has 0 aliphatic rings. The predicted molar refractivity (Wildman–Crippen MR) is 48.2 cm³/mol. The Labute approximate surface area is 76.0 Å². The highest BCUT2D eigenvalue weighted by atomic mass is 19.1. The van der Waals surface area contributed by atoms with E-state index in [0.717, 1.165) is 6.34 Å². The molecule has 0 spiro atoms. The van der Waals surface area contributed by atoms with Gasteiger partial charge in [-0.3, -0.25) is 9.79 Å². The quantitative estimate of drug-likeness (QED) is 0.372. The molecule has 0 aliphatic heterocycles. The summed E-state index contributed by atoms with van der Waals surface area (Å²) in [4.78, 5) is 13.5. The van der Waals surface area contributed by atoms with Crippen LogP contribution in [-0.4, -0.2) is 24.0 Å². The second-order valence-corrected chi connectivity index (χ2v) is 2.43. The molecule has 0 heterocycles. The van der Waals surface area contributed by atoms with E-state index in [2.05, 4.69) is 4.99 Å². The van der Waals surface area contributed by atoms with Gasteiger partial charge in [0.25, 0.3) is 0 Å². The topological polar surface area (TPSA) is 75.7 Å². The number of nitrogens with zero attached hydrogens (tertiary/aromatic N) is 1. The van der Waals surface area contributed by atoms with Crippen molar-refractivity contribution < 1.29 is 14.3 Å². The van der Waals surface area contributed by atoms with Gasteiger partial charge in [-0.05, 0) is 12.8 Å². The SMILES string of the molecule is NC=NC/C(F)=C/CCCC(=O)O. The van der Waals surface area contributed by atoms with Gasteiger partial charge in [0.05, 0.1) is 12.9 Å². The number of rotatable bonds is 6. The lowest BCUT2D eigenvalue weighted by atomic mass is 10.2. The van der Waals surface area contributed by atoms with Crippen molar-refractivity contribution in [2.45, 2.75) is 19.3 Å². The largest absolute Gasteiger partial charge is 0.481 e. The van der Waals surface area contributed by atoms with Crippen LogP contribution in [0.3, 0.4) is 0 Å². The van der Waals surface area contributed by atoms with Gasteiger partial charge < -0.3 is 10.8 Å². The number of carboxylic acids is 1. The second-order valence-electron chi connectivity index (χ2n) is 2.43. The average molecular weight is 188 g/mol. The predicted octanol–water partition coefficient (Wildman–Crippen LogP) is 1.08. The molecule has 5 heteroatoms. The van der Waals surface area contributed by atoms with Gasteiger partial charge in [0, 0.05) is 6.42 Å². The van der Waals surface area contributed by atoms with Crippen LogP contribution in [0.5, 0.6) is 0 Å². The van der Waals surface area contributed by atoms with Crippen molar-refractivity contribution in [3.8, 4) is 0 Å². The van der Waals surface area contributed by atoms with E-state index in [-0.39, 0.29) is 18.8 Å². The van der Waals surface area contributed by atoms with E-state index >= 15 is 0 Å². The van der Waals surface area contributed by atoms with Crippen molar-refractivity contribution in [3.05, 3.63) is 11.9 Å². The first-order valence-corrected chi connectivity index (χ1v) is 3.93. The number of hydrogen-bond donors (Lipinski definition) is 2. The summed E-state index contributed by atoms with van der Waals surface area (Å²) in [5, 5.41) is 8.27. The maximum atomic E-state index is 12.7. The first-order chi connectivity index (χ1) is 6.16. The Bertz CT molecular complexity index is 214. The lowest BCUT2D eigenvalue weighted by Crippen LogP contribution is -1.93. The second kappa shape index (κ2) is 7.27. The molecule has 0 aromatic rings. The van der Waals surface area contributed by atoms with E-state index in [1.807, 2.05) is 0 Å². The summed E-state index contributed by atoms with van der Waals surface area (Å²) in [6.45, 7) is -0.0659. The van der Waals surface area contributed by atoms with Crippen LogP contribution in [0.15, 0.2) is 16.9 Å². The summed E-state index contributed by atoms with van der Waals surface area (Å²) in [5.74, 6) is -1.25. The van der Waals surface area contributed by atoms with Crippen LogP contribution in [0, 0.1) is 0 Å². The van der Waals surface area contributed by atoms with Gasteiger partial charge in [0.1, 0.15) is 5.83 Å². The third kappa shape index (κ3) is 8.52. The van der Waals surface area contributed by atoms with Crippen LogP contribution in [0.25, 0.3) is 0 Å². The fourth-order valence-electron chi connectivity index (χ4n) is 0.716. The third-order valence-electron chi connectivity index (χ3n) is 1.31. The molecule has 0 rings (SSSR count). The Balaban J connectivity index is 3.52. The minimum Gasteiger partial charge on any atom is -0.481 e. The van der Waals surface area contributed by atoms with Gasteiger partial charge in [-0.1, -0.05) is 6.08 Å². The number of unbranched alkanes of at least 4 members (excludes halogenated alkanes) is 1. The van der Waals surface area contributed by atoms with Crippen molar-refractivity contribution in [1.82, 2.24) is 0 Å². The first kappa shape index (κ1) is 11.6. The van der Waals surface area contributed by atoms with Crippen LogP contribution in [-0.2, 0) is 4.79 Å². The van der Waals surface area contributed by atoms with Crippen molar-refractivity contribution in [3.63, 3.8) is 0 Å². The van der Waals surface area contributed by atoms with Gasteiger partial charge in [0.15, 0.2) is 0 Å². The fraction of sp³-hybridized carbons (Fsp3) is 0.500. The maximum Gasteiger partial charge on any atom is 0.303 e. The third-order valence-corrected chi connectivity index (χ3v) is 1.31. The number of aliphatic imine (C=N–C) groups is 1. The monoisotopic (exact) mass is 188 g/mol. The van der Waals surface area contributed by atoms with Crippen LogP contribution < -0.4 is 5.73 Å². The molecule has 0 bridgehead atoms. The normalized spacial score (nSPS) is 12.2. The molecule has 0 fully saturated rings. The number of carboxylic acid groups (broad SMARTS) is 1. The standard InChI is InChI=1S/C8H13FN2O2/c9-7(5-11-6-10)3-1-2-4-8(12)13/h3,6H,1-2,4-5H2,(H2,10,11)(H,12,13)/b7-3-. The summed E-state index contributed by atoms with van der Waals surface area (Å²) in [6.07, 6.45) is 3.28. The molecule has 0 atom stereocenters. The van der Waals surface area contributed by atoms with Gasteiger partial charge in [-0.15, -0.1) is 0 Å². The summed E-state index contributed by atoms with van der Waals surface area (Å²) >= 11 is 0. The Kier molecular flexibility index (Phi) is 6.49. The van der Waals surface area contributed by atoms with Crippen LogP contribution >= 0.6 is 0 Å². The van der Waals surface area contributed by atoms with Gasteiger partial charge in [-0.2, -0.15) is 0 Å². The molecule has 0 aromatic carbocycles. The van der Waals surface area contributed by atoms with E-state index in [1.165, 1.54) is 6.08 Å². The summed E-state index contributed by atoms with van der Waals surface area (Å²) in [6, 6.07) is 0. The molecule has 0 saturated heterocycles. The molecule has 0 aliphatic carbocycles. The molecular formula is C8H13FN2O2. The van der Waals surface area contributed by atoms with E-state index < -0.39 is 5.97 Å². The number of hydrogen-bond acceptors (Lipinski definition) is 2. The Morgan fingerprint density at radius 1 is 1.62 bits per heavy atom. The fourth-order valence-corrected chi connectivity index (χ4v) is 0.716. The zero-order chi connectivity index (χ0) is 10.1. The molecule has 4 nitrogen and oxygen atoms in total. The zero-order valence-corrected chi connectivity index (χ0v) is 7.24. The minimum absolute atomic E-state index is 0.0595. The maximum absolute atomic E-state index is 12.7. The molecule has 0 aromatic heterocycles. The van der Waals surface area contributed by atoms with Gasteiger partial charge in [-0.25, -0.2) is 4.39 Å². The number of aliphatic carboxylic acids is 1. The van der Waals surface area contributed by atoms with Crippen molar-refractivity contribution in [2.75, 3.05) is 6.54 Å². The zero-order valence-electron chi connectivity index (χ0n) is 7.24. The molecular weight excluding hydrogens is 175 g/mol. The Morgan fingerprint density at radius 2 is 2.31 bits per heavy atom. The van der Waals surface area contributed by atoms with E-state index in [1.54, 1.807) is 0 Å². The lowest BCUT2D eigenvalue weighted by molar-refractivity contribution is -0.137. The van der Waals surface area contributed by atoms with Crippen LogP contribution in [0.2, 0.25) is 0 Å². The lowest BCUT2D eigenvalue weighted by Gasteiger charge is -1.92. The molecule has 0 saturated carbocycles. The van der Waals surface area contributed by atoms with Crippen molar-refractivity contribution in [1.29, 1.82) is 0 Å². The number of carbonyl (C=O) groups is 1. The van der Waals surface area contributed by atoms with Gasteiger partial charge in [0.2, 0.25) is 0 Å². The highest BCUT2D eigenvalue weighted by molar-refractivity contribution is 5.66. The molecule has 0 amide bonds. The Morgan fingerprint density at radius 3 is 2.85 bits per heavy atom.